The van der Waals surface area contributed by atoms with Crippen molar-refractivity contribution in [2.24, 2.45) is 5.41 Å². The Morgan fingerprint density at radius 2 is 2.17 bits per heavy atom. The van der Waals surface area contributed by atoms with Crippen molar-refractivity contribution in [3.8, 4) is 0 Å². The maximum absolute atomic E-state index is 12.0. The minimum absolute atomic E-state index is 0.0911. The molecule has 0 atom stereocenters. The summed E-state index contributed by atoms with van der Waals surface area (Å²) in [4.78, 5) is 12.0. The molecule has 1 aliphatic rings. The van der Waals surface area contributed by atoms with Gasteiger partial charge in [0.15, 0.2) is 0 Å². The van der Waals surface area contributed by atoms with Crippen LogP contribution in [0.2, 0.25) is 5.02 Å². The average Bonchev–Trinajstić information content (AvgIpc) is 3.06. The van der Waals surface area contributed by atoms with Gasteiger partial charge in [0.25, 0.3) is 5.91 Å². The second kappa shape index (κ2) is 5.19. The molecule has 0 aliphatic heterocycles. The Kier molecular flexibility index (Phi) is 3.81. The van der Waals surface area contributed by atoms with Crippen LogP contribution in [0.5, 0.6) is 0 Å². The van der Waals surface area contributed by atoms with Crippen LogP contribution in [0, 0.1) is 5.41 Å². The Balaban J connectivity index is 1.95. The van der Waals surface area contributed by atoms with Gasteiger partial charge < -0.3 is 11.1 Å². The predicted molar refractivity (Wildman–Crippen MR) is 74.8 cm³/mol. The molecule has 0 heterocycles. The van der Waals surface area contributed by atoms with Crippen LogP contribution in [0.25, 0.3) is 0 Å². The molecule has 0 spiro atoms. The fourth-order valence-corrected chi connectivity index (χ4v) is 2.58. The first kappa shape index (κ1) is 13.2. The molecule has 0 saturated heterocycles. The summed E-state index contributed by atoms with van der Waals surface area (Å²) >= 11 is 5.89. The molecule has 1 saturated carbocycles. The van der Waals surface area contributed by atoms with Crippen LogP contribution >= 0.6 is 11.6 Å². The van der Waals surface area contributed by atoms with E-state index in [0.29, 0.717) is 21.7 Å². The van der Waals surface area contributed by atoms with E-state index in [1.165, 1.54) is 25.7 Å². The smallest absolute Gasteiger partial charge is 0.251 e. The standard InChI is InChI=1S/C14H19ClN2O/c1-2-3-14(4-5-14)9-17-13(18)10-6-11(15)8-12(16)7-10/h6-8H,2-5,9,16H2,1H3,(H,17,18). The number of amides is 1. The monoisotopic (exact) mass is 266 g/mol. The van der Waals surface area contributed by atoms with Gasteiger partial charge in [0.05, 0.1) is 0 Å². The number of nitrogen functional groups attached to an aromatic ring is 1. The summed E-state index contributed by atoms with van der Waals surface area (Å²) in [6.07, 6.45) is 4.79. The number of anilines is 1. The highest BCUT2D eigenvalue weighted by Crippen LogP contribution is 2.48. The van der Waals surface area contributed by atoms with E-state index >= 15 is 0 Å². The van der Waals surface area contributed by atoms with Crippen molar-refractivity contribution in [3.05, 3.63) is 28.8 Å². The Hall–Kier alpha value is -1.22. The molecule has 1 aliphatic carbocycles. The van der Waals surface area contributed by atoms with Crippen LogP contribution < -0.4 is 11.1 Å². The first-order chi connectivity index (χ1) is 8.54. The third kappa shape index (κ3) is 3.16. The molecule has 0 unspecified atom stereocenters. The van der Waals surface area contributed by atoms with Crippen LogP contribution in [0.1, 0.15) is 43.0 Å². The number of carbonyl (C=O) groups excluding carboxylic acids is 1. The highest BCUT2D eigenvalue weighted by molar-refractivity contribution is 6.31. The van der Waals surface area contributed by atoms with Crippen LogP contribution in [0.4, 0.5) is 5.69 Å². The third-order valence-corrected chi connectivity index (χ3v) is 3.76. The Bertz CT molecular complexity index is 435. The molecule has 3 N–H and O–H groups in total. The van der Waals surface area contributed by atoms with Gasteiger partial charge in [-0.2, -0.15) is 0 Å². The van der Waals surface area contributed by atoms with Crippen molar-refractivity contribution < 1.29 is 4.79 Å². The van der Waals surface area contributed by atoms with E-state index in [-0.39, 0.29) is 5.91 Å². The highest BCUT2D eigenvalue weighted by atomic mass is 35.5. The van der Waals surface area contributed by atoms with Gasteiger partial charge in [-0.15, -0.1) is 0 Å². The number of rotatable bonds is 5. The van der Waals surface area contributed by atoms with Gasteiger partial charge >= 0.3 is 0 Å². The topological polar surface area (TPSA) is 55.1 Å². The molecule has 4 heteroatoms. The molecule has 3 nitrogen and oxygen atoms in total. The van der Waals surface area contributed by atoms with Crippen molar-refractivity contribution in [2.75, 3.05) is 12.3 Å². The van der Waals surface area contributed by atoms with Gasteiger partial charge in [0.1, 0.15) is 0 Å². The fourth-order valence-electron chi connectivity index (χ4n) is 2.34. The number of halogens is 1. The predicted octanol–water partition coefficient (Wildman–Crippen LogP) is 3.23. The molecular formula is C14H19ClN2O. The molecule has 0 aromatic heterocycles. The summed E-state index contributed by atoms with van der Waals surface area (Å²) < 4.78 is 0. The number of nitrogens with one attached hydrogen (secondary N) is 1. The largest absolute Gasteiger partial charge is 0.399 e. The summed E-state index contributed by atoms with van der Waals surface area (Å²) in [5.74, 6) is -0.0911. The lowest BCUT2D eigenvalue weighted by molar-refractivity contribution is 0.0944. The molecule has 98 valence electrons. The minimum Gasteiger partial charge on any atom is -0.399 e. The number of hydrogen-bond donors (Lipinski definition) is 2. The maximum atomic E-state index is 12.0. The van der Waals surface area contributed by atoms with Gasteiger partial charge in [0.2, 0.25) is 0 Å². The average molecular weight is 267 g/mol. The zero-order valence-corrected chi connectivity index (χ0v) is 11.4. The van der Waals surface area contributed by atoms with Gasteiger partial charge in [-0.3, -0.25) is 4.79 Å². The van der Waals surface area contributed by atoms with Crippen LogP contribution in [0.3, 0.4) is 0 Å². The highest BCUT2D eigenvalue weighted by Gasteiger charge is 2.41. The second-order valence-corrected chi connectivity index (χ2v) is 5.64. The van der Waals surface area contributed by atoms with E-state index in [4.69, 9.17) is 17.3 Å². The third-order valence-electron chi connectivity index (χ3n) is 3.54. The lowest BCUT2D eigenvalue weighted by Gasteiger charge is -2.15. The maximum Gasteiger partial charge on any atom is 0.251 e. The van der Waals surface area contributed by atoms with Crippen LogP contribution in [-0.4, -0.2) is 12.5 Å². The van der Waals surface area contributed by atoms with Crippen LogP contribution in [0.15, 0.2) is 18.2 Å². The lowest BCUT2D eigenvalue weighted by atomic mass is 10.0. The molecule has 0 bridgehead atoms. The fraction of sp³-hybridized carbons (Fsp3) is 0.500. The normalized spacial score (nSPS) is 16.3. The zero-order valence-electron chi connectivity index (χ0n) is 10.6. The number of carbonyl (C=O) groups is 1. The summed E-state index contributed by atoms with van der Waals surface area (Å²) in [6, 6.07) is 4.94. The summed E-state index contributed by atoms with van der Waals surface area (Å²) in [5.41, 5.74) is 7.08. The van der Waals surface area contributed by atoms with Crippen molar-refractivity contribution in [2.45, 2.75) is 32.6 Å². The van der Waals surface area contributed by atoms with Gasteiger partial charge in [0, 0.05) is 22.8 Å². The molecule has 2 rings (SSSR count). The van der Waals surface area contributed by atoms with E-state index < -0.39 is 0 Å². The van der Waals surface area contributed by atoms with Gasteiger partial charge in [-0.1, -0.05) is 24.9 Å². The molecule has 1 aromatic rings. The zero-order chi connectivity index (χ0) is 13.2. The van der Waals surface area contributed by atoms with E-state index in [1.54, 1.807) is 18.2 Å². The molecule has 18 heavy (non-hydrogen) atoms. The van der Waals surface area contributed by atoms with Crippen molar-refractivity contribution in [1.29, 1.82) is 0 Å². The lowest BCUT2D eigenvalue weighted by Crippen LogP contribution is -2.30. The van der Waals surface area contributed by atoms with E-state index in [9.17, 15) is 4.79 Å². The number of benzene rings is 1. The first-order valence-electron chi connectivity index (χ1n) is 6.39. The Morgan fingerprint density at radius 1 is 1.44 bits per heavy atom. The minimum atomic E-state index is -0.0911. The number of hydrogen-bond acceptors (Lipinski definition) is 2. The summed E-state index contributed by atoms with van der Waals surface area (Å²) in [5, 5.41) is 3.48. The van der Waals surface area contributed by atoms with Crippen LogP contribution in [-0.2, 0) is 0 Å². The van der Waals surface area contributed by atoms with Gasteiger partial charge in [-0.25, -0.2) is 0 Å². The molecular weight excluding hydrogens is 248 g/mol. The molecule has 1 fully saturated rings. The first-order valence-corrected chi connectivity index (χ1v) is 6.77. The molecule has 1 aromatic carbocycles. The number of nitrogens with two attached hydrogens (primary N) is 1. The SMILES string of the molecule is CCCC1(CNC(=O)c2cc(N)cc(Cl)c2)CC1. The van der Waals surface area contributed by atoms with Gasteiger partial charge in [-0.05, 0) is 42.9 Å². The van der Waals surface area contributed by atoms with Crippen molar-refractivity contribution >= 4 is 23.2 Å². The summed E-state index contributed by atoms with van der Waals surface area (Å²) in [7, 11) is 0. The molecule has 1 amide bonds. The van der Waals surface area contributed by atoms with Crippen molar-refractivity contribution in [3.63, 3.8) is 0 Å². The Morgan fingerprint density at radius 3 is 2.72 bits per heavy atom. The quantitative estimate of drug-likeness (QED) is 0.804. The summed E-state index contributed by atoms with van der Waals surface area (Å²) in [6.45, 7) is 2.94. The van der Waals surface area contributed by atoms with E-state index in [0.717, 1.165) is 6.54 Å². The van der Waals surface area contributed by atoms with E-state index in [1.807, 2.05) is 0 Å². The Labute approximate surface area is 113 Å². The van der Waals surface area contributed by atoms with E-state index in [2.05, 4.69) is 12.2 Å². The molecule has 0 radical (unpaired) electrons. The second-order valence-electron chi connectivity index (χ2n) is 5.21. The van der Waals surface area contributed by atoms with Crippen molar-refractivity contribution in [1.82, 2.24) is 5.32 Å².